The van der Waals surface area contributed by atoms with E-state index in [0.29, 0.717) is 5.69 Å². The molecule has 2 aromatic rings. The Balaban J connectivity index is 2.12. The number of alkyl halides is 3. The van der Waals surface area contributed by atoms with Gasteiger partial charge in [0, 0.05) is 11.8 Å². The summed E-state index contributed by atoms with van der Waals surface area (Å²) in [6, 6.07) is 5.00. The summed E-state index contributed by atoms with van der Waals surface area (Å²) in [6.45, 7) is 0. The number of nitrogens with one attached hydrogen (secondary N) is 1. The molecule has 0 spiro atoms. The number of hydrogen-bond donors (Lipinski definition) is 2. The highest BCUT2D eigenvalue weighted by Gasteiger charge is 2.31. The van der Waals surface area contributed by atoms with Crippen molar-refractivity contribution in [2.75, 3.05) is 11.1 Å². The van der Waals surface area contributed by atoms with Crippen molar-refractivity contribution in [1.82, 2.24) is 10.2 Å². The van der Waals surface area contributed by atoms with Gasteiger partial charge in [0.05, 0.1) is 0 Å². The molecule has 1 heterocycles. The van der Waals surface area contributed by atoms with Gasteiger partial charge in [-0.25, -0.2) is 0 Å². The van der Waals surface area contributed by atoms with Crippen LogP contribution in [0.2, 0.25) is 0 Å². The van der Waals surface area contributed by atoms with Crippen molar-refractivity contribution in [3.05, 3.63) is 24.3 Å². The van der Waals surface area contributed by atoms with Crippen molar-refractivity contribution < 1.29 is 22.3 Å². The third-order valence-electron chi connectivity index (χ3n) is 1.76. The molecular weight excluding hydrogens is 253 g/mol. The van der Waals surface area contributed by atoms with E-state index in [9.17, 15) is 13.2 Å². The highest BCUT2D eigenvalue weighted by atomic mass is 19.4. The molecule has 3 N–H and O–H groups in total. The van der Waals surface area contributed by atoms with Gasteiger partial charge in [-0.3, -0.25) is 0 Å². The van der Waals surface area contributed by atoms with Crippen molar-refractivity contribution >= 4 is 17.7 Å². The Morgan fingerprint density at radius 2 is 2.06 bits per heavy atom. The molecule has 1 aromatic heterocycles. The lowest BCUT2D eigenvalue weighted by Gasteiger charge is -2.09. The predicted octanol–water partition coefficient (Wildman–Crippen LogP) is 2.29. The van der Waals surface area contributed by atoms with Gasteiger partial charge in [-0.2, -0.15) is 0 Å². The quantitative estimate of drug-likeness (QED) is 0.880. The number of halogens is 3. The van der Waals surface area contributed by atoms with Crippen molar-refractivity contribution in [3.63, 3.8) is 0 Å². The first-order chi connectivity index (χ1) is 8.42. The monoisotopic (exact) mass is 260 g/mol. The van der Waals surface area contributed by atoms with E-state index in [4.69, 9.17) is 10.2 Å². The van der Waals surface area contributed by atoms with Crippen LogP contribution in [0, 0.1) is 0 Å². The Labute approximate surface area is 98.6 Å². The standard InChI is InChI=1S/C9H7F3N4O2/c10-9(11,12)18-6-3-1-2-5(4-6)14-8-16-15-7(13)17-8/h1-4H,(H2,13,15)(H,14,16). The van der Waals surface area contributed by atoms with E-state index in [2.05, 4.69) is 20.3 Å². The fourth-order valence-corrected chi connectivity index (χ4v) is 1.18. The molecule has 18 heavy (non-hydrogen) atoms. The van der Waals surface area contributed by atoms with Crippen molar-refractivity contribution in [3.8, 4) is 5.75 Å². The summed E-state index contributed by atoms with van der Waals surface area (Å²) in [5.41, 5.74) is 5.48. The summed E-state index contributed by atoms with van der Waals surface area (Å²) in [5.74, 6) is -0.361. The van der Waals surface area contributed by atoms with E-state index in [1.807, 2.05) is 0 Å². The molecule has 0 radical (unpaired) electrons. The lowest BCUT2D eigenvalue weighted by Crippen LogP contribution is -2.17. The van der Waals surface area contributed by atoms with Crippen molar-refractivity contribution in [1.29, 1.82) is 0 Å². The largest absolute Gasteiger partial charge is 0.573 e. The molecule has 0 saturated carbocycles. The minimum absolute atomic E-state index is 0.0309. The second kappa shape index (κ2) is 4.43. The number of ether oxygens (including phenoxy) is 1. The number of nitrogen functional groups attached to an aromatic ring is 1. The van der Waals surface area contributed by atoms with Crippen LogP contribution in [0.4, 0.5) is 30.9 Å². The van der Waals surface area contributed by atoms with Gasteiger partial charge in [-0.15, -0.1) is 13.2 Å². The third kappa shape index (κ3) is 3.27. The van der Waals surface area contributed by atoms with Crippen LogP contribution in [0.25, 0.3) is 0 Å². The number of aromatic nitrogens is 2. The molecule has 1 aromatic carbocycles. The van der Waals surface area contributed by atoms with Gasteiger partial charge in [-0.05, 0) is 12.1 Å². The topological polar surface area (TPSA) is 86.2 Å². The van der Waals surface area contributed by atoms with Gasteiger partial charge >= 0.3 is 18.4 Å². The van der Waals surface area contributed by atoms with E-state index in [-0.39, 0.29) is 17.8 Å². The number of anilines is 3. The molecule has 2 rings (SSSR count). The summed E-state index contributed by atoms with van der Waals surface area (Å²) >= 11 is 0. The first kappa shape index (κ1) is 12.0. The average Bonchev–Trinajstić information content (AvgIpc) is 2.62. The maximum Gasteiger partial charge on any atom is 0.573 e. The Hall–Kier alpha value is -2.45. The maximum absolute atomic E-state index is 12.0. The summed E-state index contributed by atoms with van der Waals surface area (Å²) in [5, 5.41) is 9.46. The molecule has 0 aliphatic carbocycles. The number of benzene rings is 1. The lowest BCUT2D eigenvalue weighted by molar-refractivity contribution is -0.274. The van der Waals surface area contributed by atoms with Gasteiger partial charge in [-0.1, -0.05) is 16.3 Å². The third-order valence-corrected chi connectivity index (χ3v) is 1.76. The molecule has 0 amide bonds. The van der Waals surface area contributed by atoms with Crippen LogP contribution in [-0.4, -0.2) is 16.6 Å². The van der Waals surface area contributed by atoms with Gasteiger partial charge < -0.3 is 20.2 Å². The molecule has 0 saturated heterocycles. The summed E-state index contributed by atoms with van der Waals surface area (Å²) in [6.07, 6.45) is -4.74. The smallest absolute Gasteiger partial charge is 0.406 e. The fraction of sp³-hybridized carbons (Fsp3) is 0.111. The van der Waals surface area contributed by atoms with Gasteiger partial charge in [0.2, 0.25) is 0 Å². The van der Waals surface area contributed by atoms with Crippen LogP contribution in [0.1, 0.15) is 0 Å². The van der Waals surface area contributed by atoms with Gasteiger partial charge in [0.1, 0.15) is 5.75 Å². The Morgan fingerprint density at radius 3 is 2.67 bits per heavy atom. The van der Waals surface area contributed by atoms with Gasteiger partial charge in [0.15, 0.2) is 0 Å². The fourth-order valence-electron chi connectivity index (χ4n) is 1.18. The number of nitrogens with zero attached hydrogens (tertiary/aromatic N) is 2. The van der Waals surface area contributed by atoms with Crippen LogP contribution in [0.5, 0.6) is 5.75 Å². The minimum Gasteiger partial charge on any atom is -0.406 e. The average molecular weight is 260 g/mol. The number of rotatable bonds is 3. The van der Waals surface area contributed by atoms with E-state index in [1.54, 1.807) is 0 Å². The molecule has 0 aliphatic heterocycles. The van der Waals surface area contributed by atoms with Crippen LogP contribution in [0.15, 0.2) is 28.7 Å². The zero-order chi connectivity index (χ0) is 13.2. The normalized spacial score (nSPS) is 11.3. The molecule has 6 nitrogen and oxygen atoms in total. The summed E-state index contributed by atoms with van der Waals surface area (Å²) < 4.78 is 44.6. The lowest BCUT2D eigenvalue weighted by atomic mass is 10.3. The van der Waals surface area contributed by atoms with Crippen molar-refractivity contribution in [2.45, 2.75) is 6.36 Å². The second-order valence-corrected chi connectivity index (χ2v) is 3.15. The minimum atomic E-state index is -4.74. The Kier molecular flexibility index (Phi) is 2.96. The SMILES string of the molecule is Nc1nnc(Nc2cccc(OC(F)(F)F)c2)o1. The summed E-state index contributed by atoms with van der Waals surface area (Å²) in [7, 11) is 0. The molecule has 96 valence electrons. The zero-order valence-corrected chi connectivity index (χ0v) is 8.73. The molecule has 0 unspecified atom stereocenters. The van der Waals surface area contributed by atoms with Crippen LogP contribution in [0.3, 0.4) is 0 Å². The molecular formula is C9H7F3N4O2. The Morgan fingerprint density at radius 1 is 1.28 bits per heavy atom. The van der Waals surface area contributed by atoms with E-state index < -0.39 is 6.36 Å². The Bertz CT molecular complexity index is 541. The molecule has 0 atom stereocenters. The van der Waals surface area contributed by atoms with Crippen LogP contribution >= 0.6 is 0 Å². The molecule has 0 fully saturated rings. The first-order valence-corrected chi connectivity index (χ1v) is 4.64. The van der Waals surface area contributed by atoms with Crippen LogP contribution in [-0.2, 0) is 0 Å². The zero-order valence-electron chi connectivity index (χ0n) is 8.73. The highest BCUT2D eigenvalue weighted by Crippen LogP contribution is 2.26. The van der Waals surface area contributed by atoms with E-state index >= 15 is 0 Å². The predicted molar refractivity (Wildman–Crippen MR) is 55.1 cm³/mol. The number of nitrogens with two attached hydrogens (primary N) is 1. The van der Waals surface area contributed by atoms with Gasteiger partial charge in [0.25, 0.3) is 0 Å². The summed E-state index contributed by atoms with van der Waals surface area (Å²) in [4.78, 5) is 0. The van der Waals surface area contributed by atoms with E-state index in [1.165, 1.54) is 18.2 Å². The molecule has 0 aliphatic rings. The van der Waals surface area contributed by atoms with Crippen LogP contribution < -0.4 is 15.8 Å². The first-order valence-electron chi connectivity index (χ1n) is 4.64. The number of hydrogen-bond acceptors (Lipinski definition) is 6. The van der Waals surface area contributed by atoms with E-state index in [0.717, 1.165) is 6.07 Å². The highest BCUT2D eigenvalue weighted by molar-refractivity contribution is 5.54. The molecule has 9 heteroatoms. The van der Waals surface area contributed by atoms with Crippen molar-refractivity contribution in [2.24, 2.45) is 0 Å². The second-order valence-electron chi connectivity index (χ2n) is 3.15. The maximum atomic E-state index is 12.0. The molecule has 0 bridgehead atoms.